The summed E-state index contributed by atoms with van der Waals surface area (Å²) in [6.45, 7) is 7.81. The first-order valence-electron chi connectivity index (χ1n) is 10.9. The van der Waals surface area contributed by atoms with Gasteiger partial charge in [0.25, 0.3) is 0 Å². The smallest absolute Gasteiger partial charge is 0.306 e. The normalized spacial score (nSPS) is 11.1. The third kappa shape index (κ3) is 4.24. The third-order valence-corrected chi connectivity index (χ3v) is 6.12. The predicted molar refractivity (Wildman–Crippen MR) is 127 cm³/mol. The van der Waals surface area contributed by atoms with Gasteiger partial charge >= 0.3 is 5.97 Å². The van der Waals surface area contributed by atoms with Crippen LogP contribution in [0.15, 0.2) is 54.7 Å². The first kappa shape index (κ1) is 21.6. The maximum atomic E-state index is 12.8. The van der Waals surface area contributed by atoms with Gasteiger partial charge in [-0.2, -0.15) is 0 Å². The van der Waals surface area contributed by atoms with Gasteiger partial charge in [-0.1, -0.05) is 24.3 Å². The molecule has 0 bridgehead atoms. The highest BCUT2D eigenvalue weighted by Gasteiger charge is 2.18. The Hall–Kier alpha value is -3.60. The highest BCUT2D eigenvalue weighted by molar-refractivity contribution is 5.99. The second-order valence-electron chi connectivity index (χ2n) is 8.33. The number of benzene rings is 2. The van der Waals surface area contributed by atoms with E-state index in [2.05, 4.69) is 41.6 Å². The van der Waals surface area contributed by atoms with Crippen molar-refractivity contribution in [2.24, 2.45) is 0 Å². The average molecular weight is 429 g/mol. The molecule has 0 fully saturated rings. The van der Waals surface area contributed by atoms with Crippen LogP contribution in [0.25, 0.3) is 16.6 Å². The number of aryl methyl sites for hydroxylation is 4. The van der Waals surface area contributed by atoms with Crippen LogP contribution in [0, 0.1) is 27.7 Å². The van der Waals surface area contributed by atoms with Crippen LogP contribution in [0.4, 0.5) is 0 Å². The van der Waals surface area contributed by atoms with E-state index >= 15 is 0 Å². The number of H-pyrrole nitrogens is 1. The Morgan fingerprint density at radius 2 is 1.75 bits per heavy atom. The lowest BCUT2D eigenvalue weighted by Gasteiger charge is -2.12. The number of ketones is 1. The molecule has 0 spiro atoms. The van der Waals surface area contributed by atoms with Crippen molar-refractivity contribution >= 4 is 22.7 Å². The zero-order valence-electron chi connectivity index (χ0n) is 19.0. The van der Waals surface area contributed by atoms with Crippen LogP contribution in [-0.2, 0) is 16.0 Å². The largest absolute Gasteiger partial charge is 0.457 e. The first-order chi connectivity index (χ1) is 15.3. The van der Waals surface area contributed by atoms with Crippen LogP contribution in [0.3, 0.4) is 0 Å². The standard InChI is InChI=1S/C27H28N2O3/c1-17-9-11-22(13-18(17)2)29-19(3)14-24(20(29)4)26(30)16-32-27(31)12-10-21-15-28-25-8-6-5-7-23(21)25/h5-9,11,13-15,28H,10,12,16H2,1-4H3. The molecular weight excluding hydrogens is 400 g/mol. The lowest BCUT2D eigenvalue weighted by atomic mass is 10.1. The van der Waals surface area contributed by atoms with Crippen LogP contribution in [0.5, 0.6) is 0 Å². The molecule has 0 aliphatic rings. The number of rotatable bonds is 7. The molecule has 164 valence electrons. The molecule has 0 amide bonds. The molecule has 0 atom stereocenters. The molecule has 5 nitrogen and oxygen atoms in total. The number of carbonyl (C=O) groups excluding carboxylic acids is 2. The van der Waals surface area contributed by atoms with E-state index in [0.29, 0.717) is 12.0 Å². The number of aromatic amines is 1. The van der Waals surface area contributed by atoms with Crippen LogP contribution < -0.4 is 0 Å². The number of nitrogens with one attached hydrogen (secondary N) is 1. The molecule has 0 saturated heterocycles. The molecule has 2 heterocycles. The molecule has 4 aromatic rings. The molecule has 0 aliphatic carbocycles. The van der Waals surface area contributed by atoms with Crippen LogP contribution >= 0.6 is 0 Å². The van der Waals surface area contributed by atoms with Crippen LogP contribution in [0.2, 0.25) is 0 Å². The summed E-state index contributed by atoms with van der Waals surface area (Å²) in [6, 6.07) is 16.1. The fraction of sp³-hybridized carbons (Fsp3) is 0.259. The average Bonchev–Trinajstić information content (AvgIpc) is 3.33. The Kier molecular flexibility index (Phi) is 5.99. The Morgan fingerprint density at radius 3 is 2.53 bits per heavy atom. The number of carbonyl (C=O) groups is 2. The molecule has 1 N–H and O–H groups in total. The molecule has 5 heteroatoms. The van der Waals surface area contributed by atoms with Gasteiger partial charge in [-0.3, -0.25) is 9.59 Å². The van der Waals surface area contributed by atoms with Crippen LogP contribution in [0.1, 0.15) is 44.9 Å². The van der Waals surface area contributed by atoms with Gasteiger partial charge in [-0.25, -0.2) is 0 Å². The van der Waals surface area contributed by atoms with E-state index in [1.807, 2.05) is 50.4 Å². The van der Waals surface area contributed by atoms with E-state index in [1.54, 1.807) is 0 Å². The Bertz CT molecular complexity index is 1310. The van der Waals surface area contributed by atoms with E-state index in [4.69, 9.17) is 4.74 Å². The highest BCUT2D eigenvalue weighted by atomic mass is 16.5. The number of esters is 1. The highest BCUT2D eigenvalue weighted by Crippen LogP contribution is 2.23. The fourth-order valence-electron chi connectivity index (χ4n) is 4.18. The number of ether oxygens (including phenoxy) is 1. The van der Waals surface area contributed by atoms with Crippen molar-refractivity contribution in [2.45, 2.75) is 40.5 Å². The van der Waals surface area contributed by atoms with Crippen molar-refractivity contribution in [3.05, 3.63) is 88.4 Å². The van der Waals surface area contributed by atoms with Gasteiger partial charge in [-0.05, 0) is 75.1 Å². The van der Waals surface area contributed by atoms with Gasteiger partial charge in [0, 0.05) is 46.2 Å². The summed E-state index contributed by atoms with van der Waals surface area (Å²) in [5.41, 5.74) is 7.98. The lowest BCUT2D eigenvalue weighted by Crippen LogP contribution is -2.15. The molecule has 0 radical (unpaired) electrons. The van der Waals surface area contributed by atoms with Crippen molar-refractivity contribution in [3.8, 4) is 5.69 Å². The molecule has 0 saturated carbocycles. The topological polar surface area (TPSA) is 64.1 Å². The first-order valence-corrected chi connectivity index (χ1v) is 10.9. The van der Waals surface area contributed by atoms with E-state index in [-0.39, 0.29) is 24.8 Å². The monoisotopic (exact) mass is 428 g/mol. The van der Waals surface area contributed by atoms with Crippen molar-refractivity contribution in [1.29, 1.82) is 0 Å². The summed E-state index contributed by atoms with van der Waals surface area (Å²) < 4.78 is 7.37. The SMILES string of the molecule is Cc1ccc(-n2c(C)cc(C(=O)COC(=O)CCc3c[nH]c4ccccc34)c2C)cc1C. The molecule has 4 rings (SSSR count). The zero-order valence-corrected chi connectivity index (χ0v) is 19.0. The maximum absolute atomic E-state index is 12.8. The van der Waals surface area contributed by atoms with Gasteiger partial charge in [0.05, 0.1) is 0 Å². The summed E-state index contributed by atoms with van der Waals surface area (Å²) >= 11 is 0. The van der Waals surface area contributed by atoms with Gasteiger partial charge in [0.1, 0.15) is 0 Å². The molecular formula is C27H28N2O3. The number of para-hydroxylation sites is 1. The summed E-state index contributed by atoms with van der Waals surface area (Å²) in [5, 5.41) is 1.11. The second kappa shape index (κ2) is 8.87. The fourth-order valence-corrected chi connectivity index (χ4v) is 4.18. The number of Topliss-reactive ketones (excluding diaryl/α,β-unsaturated/α-hetero) is 1. The van der Waals surface area contributed by atoms with E-state index < -0.39 is 0 Å². The van der Waals surface area contributed by atoms with Gasteiger partial charge in [0.2, 0.25) is 5.78 Å². The van der Waals surface area contributed by atoms with Crippen molar-refractivity contribution in [3.63, 3.8) is 0 Å². The van der Waals surface area contributed by atoms with Crippen molar-refractivity contribution < 1.29 is 14.3 Å². The molecule has 2 aromatic heterocycles. The van der Waals surface area contributed by atoms with Crippen molar-refractivity contribution in [1.82, 2.24) is 9.55 Å². The Balaban J connectivity index is 1.39. The number of aromatic nitrogens is 2. The predicted octanol–water partition coefficient (Wildman–Crippen LogP) is 5.55. The van der Waals surface area contributed by atoms with Crippen LogP contribution in [-0.4, -0.2) is 27.9 Å². The van der Waals surface area contributed by atoms with Crippen molar-refractivity contribution in [2.75, 3.05) is 6.61 Å². The molecule has 0 unspecified atom stereocenters. The van der Waals surface area contributed by atoms with E-state index in [9.17, 15) is 9.59 Å². The number of hydrogen-bond acceptors (Lipinski definition) is 3. The summed E-state index contributed by atoms with van der Waals surface area (Å²) in [5.74, 6) is -0.555. The molecule has 2 aromatic carbocycles. The summed E-state index contributed by atoms with van der Waals surface area (Å²) in [4.78, 5) is 28.3. The van der Waals surface area contributed by atoms with Gasteiger partial charge in [0.15, 0.2) is 6.61 Å². The minimum absolute atomic E-state index is 0.186. The van der Waals surface area contributed by atoms with Gasteiger partial charge < -0.3 is 14.3 Å². The third-order valence-electron chi connectivity index (χ3n) is 6.12. The molecule has 32 heavy (non-hydrogen) atoms. The van der Waals surface area contributed by atoms with E-state index in [1.165, 1.54) is 11.1 Å². The molecule has 0 aliphatic heterocycles. The quantitative estimate of drug-likeness (QED) is 0.310. The second-order valence-corrected chi connectivity index (χ2v) is 8.33. The number of fused-ring (bicyclic) bond motifs is 1. The lowest BCUT2D eigenvalue weighted by molar-refractivity contribution is -0.142. The van der Waals surface area contributed by atoms with E-state index in [0.717, 1.165) is 33.5 Å². The Morgan fingerprint density at radius 1 is 0.969 bits per heavy atom. The summed E-state index contributed by atoms with van der Waals surface area (Å²) in [6.07, 6.45) is 2.72. The minimum atomic E-state index is -0.369. The minimum Gasteiger partial charge on any atom is -0.457 e. The number of nitrogens with zero attached hydrogens (tertiary/aromatic N) is 1. The Labute approximate surface area is 188 Å². The zero-order chi connectivity index (χ0) is 22.8. The maximum Gasteiger partial charge on any atom is 0.306 e. The summed E-state index contributed by atoms with van der Waals surface area (Å²) in [7, 11) is 0. The van der Waals surface area contributed by atoms with Gasteiger partial charge in [-0.15, -0.1) is 0 Å². The number of hydrogen-bond donors (Lipinski definition) is 1.